The third-order valence-electron chi connectivity index (χ3n) is 4.63. The van der Waals surface area contributed by atoms with Gasteiger partial charge in [0.1, 0.15) is 10.6 Å². The Morgan fingerprint density at radius 1 is 1.21 bits per heavy atom. The number of hydrogen-bond acceptors (Lipinski definition) is 4. The summed E-state index contributed by atoms with van der Waals surface area (Å²) in [6, 6.07) is 11.9. The maximum atomic E-state index is 13.1. The van der Waals surface area contributed by atoms with Gasteiger partial charge in [0.25, 0.3) is 5.91 Å². The van der Waals surface area contributed by atoms with Gasteiger partial charge in [0.15, 0.2) is 0 Å². The molecule has 3 heterocycles. The van der Waals surface area contributed by atoms with Crippen LogP contribution in [0, 0.1) is 12.7 Å². The van der Waals surface area contributed by atoms with E-state index in [-0.39, 0.29) is 17.8 Å². The van der Waals surface area contributed by atoms with Crippen molar-refractivity contribution in [3.8, 4) is 0 Å². The molecule has 5 nitrogen and oxygen atoms in total. The smallest absolute Gasteiger partial charge is 0.261 e. The number of fused-ring (bicyclic) bond motifs is 1. The van der Waals surface area contributed by atoms with Gasteiger partial charge in [-0.25, -0.2) is 4.39 Å². The number of rotatable bonds is 5. The molecule has 0 radical (unpaired) electrons. The van der Waals surface area contributed by atoms with Crippen LogP contribution in [0.2, 0.25) is 0 Å². The molecule has 0 saturated carbocycles. The number of aryl methyl sites for hydroxylation is 1. The van der Waals surface area contributed by atoms with E-state index in [9.17, 15) is 9.18 Å². The van der Waals surface area contributed by atoms with Crippen molar-refractivity contribution in [2.75, 3.05) is 0 Å². The van der Waals surface area contributed by atoms with Crippen LogP contribution in [0.15, 0.2) is 54.9 Å². The fourth-order valence-electron chi connectivity index (χ4n) is 3.10. The quantitative estimate of drug-likeness (QED) is 0.543. The second-order valence-electron chi connectivity index (χ2n) is 6.67. The van der Waals surface area contributed by atoms with E-state index in [1.165, 1.54) is 23.5 Å². The van der Waals surface area contributed by atoms with Gasteiger partial charge in [-0.15, -0.1) is 11.3 Å². The number of benzene rings is 1. The second kappa shape index (κ2) is 7.52. The predicted octanol–water partition coefficient (Wildman–Crippen LogP) is 4.48. The van der Waals surface area contributed by atoms with Crippen LogP contribution in [-0.4, -0.2) is 20.7 Å². The minimum absolute atomic E-state index is 0.113. The zero-order chi connectivity index (χ0) is 19.7. The van der Waals surface area contributed by atoms with Crippen LogP contribution in [0.1, 0.15) is 39.5 Å². The van der Waals surface area contributed by atoms with Gasteiger partial charge >= 0.3 is 0 Å². The summed E-state index contributed by atoms with van der Waals surface area (Å²) in [5.74, 6) is -0.373. The first-order valence-corrected chi connectivity index (χ1v) is 9.75. The number of halogens is 1. The van der Waals surface area contributed by atoms with Crippen molar-refractivity contribution in [3.05, 3.63) is 82.4 Å². The molecular formula is C21H19FN4OS. The fraction of sp³-hybridized carbons (Fsp3) is 0.190. The summed E-state index contributed by atoms with van der Waals surface area (Å²) in [6.07, 6.45) is 3.43. The Hall–Kier alpha value is -3.06. The molecule has 0 aliphatic heterocycles. The summed E-state index contributed by atoms with van der Waals surface area (Å²) >= 11 is 1.41. The lowest BCUT2D eigenvalue weighted by Crippen LogP contribution is -2.25. The Bertz CT molecular complexity index is 1120. The Balaban J connectivity index is 1.57. The first kappa shape index (κ1) is 18.3. The molecule has 7 heteroatoms. The highest BCUT2D eigenvalue weighted by molar-refractivity contribution is 7.20. The molecule has 3 aromatic heterocycles. The standard InChI is InChI=1S/C21H19FN4OS/c1-13(16-7-9-23-10-8-16)24-20(27)19-11-18-14(2)25-26(21(18)28-19)12-15-3-5-17(22)6-4-15/h3-11,13H,12H2,1-2H3,(H,24,27). The minimum atomic E-state index is -0.260. The van der Waals surface area contributed by atoms with Crippen LogP contribution in [0.4, 0.5) is 4.39 Å². The van der Waals surface area contributed by atoms with Gasteiger partial charge < -0.3 is 5.32 Å². The number of hydrogen-bond donors (Lipinski definition) is 1. The molecule has 28 heavy (non-hydrogen) atoms. The van der Waals surface area contributed by atoms with Crippen molar-refractivity contribution in [3.63, 3.8) is 0 Å². The molecule has 4 aromatic rings. The molecule has 0 aliphatic carbocycles. The number of amides is 1. The maximum Gasteiger partial charge on any atom is 0.261 e. The van der Waals surface area contributed by atoms with Crippen LogP contribution >= 0.6 is 11.3 Å². The van der Waals surface area contributed by atoms with E-state index < -0.39 is 0 Å². The van der Waals surface area contributed by atoms with Gasteiger partial charge in [-0.1, -0.05) is 12.1 Å². The number of carbonyl (C=O) groups is 1. The van der Waals surface area contributed by atoms with Crippen LogP contribution in [-0.2, 0) is 6.54 Å². The first-order valence-electron chi connectivity index (χ1n) is 8.93. The van der Waals surface area contributed by atoms with Gasteiger partial charge in [0.05, 0.1) is 23.2 Å². The molecular weight excluding hydrogens is 375 g/mol. The highest BCUT2D eigenvalue weighted by atomic mass is 32.1. The molecule has 0 bridgehead atoms. The van der Waals surface area contributed by atoms with Gasteiger partial charge in [-0.3, -0.25) is 14.5 Å². The molecule has 0 saturated heterocycles. The Labute approximate surface area is 165 Å². The van der Waals surface area contributed by atoms with E-state index in [1.54, 1.807) is 24.5 Å². The van der Waals surface area contributed by atoms with Crippen molar-refractivity contribution >= 4 is 27.5 Å². The SMILES string of the molecule is Cc1nn(Cc2ccc(F)cc2)c2sc(C(=O)NC(C)c3ccncc3)cc12. The molecule has 1 aromatic carbocycles. The highest BCUT2D eigenvalue weighted by Gasteiger charge is 2.18. The molecule has 0 aliphatic rings. The first-order chi connectivity index (χ1) is 13.5. The normalized spacial score (nSPS) is 12.2. The van der Waals surface area contributed by atoms with Crippen LogP contribution in [0.25, 0.3) is 10.2 Å². The summed E-state index contributed by atoms with van der Waals surface area (Å²) in [5, 5.41) is 8.57. The van der Waals surface area contributed by atoms with E-state index in [2.05, 4.69) is 15.4 Å². The van der Waals surface area contributed by atoms with Crippen LogP contribution in [0.5, 0.6) is 0 Å². The molecule has 0 spiro atoms. The zero-order valence-electron chi connectivity index (χ0n) is 15.5. The van der Waals surface area contributed by atoms with Gasteiger partial charge in [0, 0.05) is 17.8 Å². The van der Waals surface area contributed by atoms with Crippen molar-refractivity contribution in [1.29, 1.82) is 0 Å². The molecule has 0 fully saturated rings. The van der Waals surface area contributed by atoms with E-state index in [0.29, 0.717) is 11.4 Å². The number of pyridine rings is 1. The average molecular weight is 394 g/mol. The lowest BCUT2D eigenvalue weighted by molar-refractivity contribution is 0.0944. The average Bonchev–Trinajstić information content (AvgIpc) is 3.26. The third-order valence-corrected chi connectivity index (χ3v) is 5.78. The van der Waals surface area contributed by atoms with Crippen molar-refractivity contribution < 1.29 is 9.18 Å². The topological polar surface area (TPSA) is 59.8 Å². The second-order valence-corrected chi connectivity index (χ2v) is 7.71. The Morgan fingerprint density at radius 2 is 1.93 bits per heavy atom. The zero-order valence-corrected chi connectivity index (χ0v) is 16.3. The lowest BCUT2D eigenvalue weighted by atomic mass is 10.1. The fourth-order valence-corrected chi connectivity index (χ4v) is 4.16. The predicted molar refractivity (Wildman–Crippen MR) is 108 cm³/mol. The third kappa shape index (κ3) is 3.66. The van der Waals surface area contributed by atoms with E-state index in [4.69, 9.17) is 0 Å². The van der Waals surface area contributed by atoms with Crippen molar-refractivity contribution in [1.82, 2.24) is 20.1 Å². The number of carbonyl (C=O) groups excluding carboxylic acids is 1. The van der Waals surface area contributed by atoms with Crippen molar-refractivity contribution in [2.45, 2.75) is 26.4 Å². The highest BCUT2D eigenvalue weighted by Crippen LogP contribution is 2.29. The molecule has 1 N–H and O–H groups in total. The summed E-state index contributed by atoms with van der Waals surface area (Å²) in [6.45, 7) is 4.40. The Morgan fingerprint density at radius 3 is 2.64 bits per heavy atom. The summed E-state index contributed by atoms with van der Waals surface area (Å²) in [5.41, 5.74) is 2.83. The molecule has 1 unspecified atom stereocenters. The van der Waals surface area contributed by atoms with E-state index >= 15 is 0 Å². The number of aromatic nitrogens is 3. The van der Waals surface area contributed by atoms with E-state index in [1.807, 2.05) is 36.7 Å². The lowest BCUT2D eigenvalue weighted by Gasteiger charge is -2.13. The summed E-state index contributed by atoms with van der Waals surface area (Å²) in [4.78, 5) is 18.3. The molecule has 4 rings (SSSR count). The van der Waals surface area contributed by atoms with Crippen molar-refractivity contribution in [2.24, 2.45) is 0 Å². The van der Waals surface area contributed by atoms with E-state index in [0.717, 1.165) is 27.0 Å². The van der Waals surface area contributed by atoms with Crippen LogP contribution in [0.3, 0.4) is 0 Å². The summed E-state index contributed by atoms with van der Waals surface area (Å²) in [7, 11) is 0. The maximum absolute atomic E-state index is 13.1. The minimum Gasteiger partial charge on any atom is -0.345 e. The number of thiophene rings is 1. The number of nitrogens with one attached hydrogen (secondary N) is 1. The van der Waals surface area contributed by atoms with Gasteiger partial charge in [0.2, 0.25) is 0 Å². The molecule has 1 atom stereocenters. The largest absolute Gasteiger partial charge is 0.345 e. The molecule has 1 amide bonds. The van der Waals surface area contributed by atoms with Gasteiger partial charge in [-0.2, -0.15) is 5.10 Å². The van der Waals surface area contributed by atoms with Gasteiger partial charge in [-0.05, 0) is 55.3 Å². The summed E-state index contributed by atoms with van der Waals surface area (Å²) < 4.78 is 15.0. The number of nitrogens with zero attached hydrogens (tertiary/aromatic N) is 3. The monoisotopic (exact) mass is 394 g/mol. The Kier molecular flexibility index (Phi) is 4.92. The van der Waals surface area contributed by atoms with Crippen LogP contribution < -0.4 is 5.32 Å². The molecule has 142 valence electrons.